The van der Waals surface area contributed by atoms with Gasteiger partial charge in [0.25, 0.3) is 0 Å². The van der Waals surface area contributed by atoms with E-state index in [1.807, 2.05) is 0 Å². The summed E-state index contributed by atoms with van der Waals surface area (Å²) in [4.78, 5) is 2.20. The molecule has 28 heavy (non-hydrogen) atoms. The summed E-state index contributed by atoms with van der Waals surface area (Å²) in [5.41, 5.74) is -1.24. The van der Waals surface area contributed by atoms with E-state index in [2.05, 4.69) is 27.3 Å². The first-order valence-electron chi connectivity index (χ1n) is 9.61. The number of hydrogen-bond donors (Lipinski definition) is 2. The number of nitrogens with zero attached hydrogens (tertiary/aromatic N) is 3. The Balaban J connectivity index is 1.62. The number of phenols is 1. The van der Waals surface area contributed by atoms with E-state index in [9.17, 15) is 18.3 Å². The molecule has 2 N–H and O–H groups in total. The maximum atomic E-state index is 13.3. The van der Waals surface area contributed by atoms with Crippen LogP contribution in [0.3, 0.4) is 0 Å². The second-order valence-corrected chi connectivity index (χ2v) is 7.55. The summed E-state index contributed by atoms with van der Waals surface area (Å²) in [6.45, 7) is 4.06. The highest BCUT2D eigenvalue weighted by Gasteiger charge is 2.39. The number of phenolic OH excluding ortho intramolecular Hbond substituents is 1. The van der Waals surface area contributed by atoms with E-state index in [-0.39, 0.29) is 11.3 Å². The Morgan fingerprint density at radius 3 is 2.71 bits per heavy atom. The van der Waals surface area contributed by atoms with E-state index in [1.54, 1.807) is 6.07 Å². The van der Waals surface area contributed by atoms with Gasteiger partial charge in [0.05, 0.1) is 16.8 Å². The van der Waals surface area contributed by atoms with Gasteiger partial charge in [-0.05, 0) is 49.6 Å². The lowest BCUT2D eigenvalue weighted by atomic mass is 9.89. The third-order valence-electron chi connectivity index (χ3n) is 5.92. The van der Waals surface area contributed by atoms with Crippen LogP contribution in [0.25, 0.3) is 11.3 Å². The molecule has 0 saturated carbocycles. The zero-order chi connectivity index (χ0) is 19.9. The zero-order valence-corrected chi connectivity index (χ0v) is 15.6. The van der Waals surface area contributed by atoms with Crippen molar-refractivity contribution in [2.45, 2.75) is 44.4 Å². The van der Waals surface area contributed by atoms with Crippen molar-refractivity contribution in [1.29, 1.82) is 0 Å². The van der Waals surface area contributed by atoms with E-state index in [4.69, 9.17) is 0 Å². The van der Waals surface area contributed by atoms with Crippen LogP contribution < -0.4 is 10.2 Å². The molecule has 0 spiro atoms. The summed E-state index contributed by atoms with van der Waals surface area (Å²) in [5.74, 6) is 0.823. The molecule has 1 aromatic heterocycles. The second-order valence-electron chi connectivity index (χ2n) is 7.55. The SMILES string of the molecule is CCC1CN[C@H]2CCN(c3ccc(-c4c(O)cccc4C(F)(F)F)nn3)[C@@H]2C1. The molecule has 0 aliphatic carbocycles. The first-order valence-corrected chi connectivity index (χ1v) is 9.61. The van der Waals surface area contributed by atoms with Gasteiger partial charge in [0, 0.05) is 18.6 Å². The van der Waals surface area contributed by atoms with Crippen LogP contribution in [0, 0.1) is 5.92 Å². The lowest BCUT2D eigenvalue weighted by molar-refractivity contribution is -0.137. The van der Waals surface area contributed by atoms with Gasteiger partial charge in [-0.2, -0.15) is 13.2 Å². The Kier molecular flexibility index (Phi) is 4.91. The summed E-state index contributed by atoms with van der Waals surface area (Å²) < 4.78 is 40.0. The number of anilines is 1. The number of fused-ring (bicyclic) bond motifs is 1. The maximum Gasteiger partial charge on any atom is 0.417 e. The molecule has 3 heterocycles. The van der Waals surface area contributed by atoms with Crippen molar-refractivity contribution in [2.24, 2.45) is 5.92 Å². The van der Waals surface area contributed by atoms with Gasteiger partial charge in [-0.1, -0.05) is 19.4 Å². The molecule has 0 bridgehead atoms. The topological polar surface area (TPSA) is 61.3 Å². The predicted octanol–water partition coefficient (Wildman–Crippen LogP) is 3.83. The molecule has 4 rings (SSSR count). The number of alkyl halides is 3. The lowest BCUT2D eigenvalue weighted by Gasteiger charge is -2.37. The van der Waals surface area contributed by atoms with Crippen LogP contribution in [-0.2, 0) is 6.18 Å². The van der Waals surface area contributed by atoms with Gasteiger partial charge >= 0.3 is 6.18 Å². The minimum Gasteiger partial charge on any atom is -0.507 e. The molecule has 2 aromatic rings. The van der Waals surface area contributed by atoms with Crippen LogP contribution in [0.1, 0.15) is 31.7 Å². The van der Waals surface area contributed by atoms with Crippen LogP contribution in [0.4, 0.5) is 19.0 Å². The first-order chi connectivity index (χ1) is 13.4. The van der Waals surface area contributed by atoms with Crippen molar-refractivity contribution in [2.75, 3.05) is 18.0 Å². The van der Waals surface area contributed by atoms with Gasteiger partial charge < -0.3 is 15.3 Å². The highest BCUT2D eigenvalue weighted by molar-refractivity contribution is 5.71. The van der Waals surface area contributed by atoms with Gasteiger partial charge in [-0.15, -0.1) is 10.2 Å². The summed E-state index contributed by atoms with van der Waals surface area (Å²) in [7, 11) is 0. The maximum absolute atomic E-state index is 13.3. The van der Waals surface area contributed by atoms with E-state index in [0.717, 1.165) is 38.4 Å². The second kappa shape index (κ2) is 7.24. The van der Waals surface area contributed by atoms with Gasteiger partial charge in [0.2, 0.25) is 0 Å². The summed E-state index contributed by atoms with van der Waals surface area (Å²) in [5, 5.41) is 21.9. The fourth-order valence-corrected chi connectivity index (χ4v) is 4.38. The molecule has 5 nitrogen and oxygen atoms in total. The molecule has 150 valence electrons. The molecule has 2 saturated heterocycles. The van der Waals surface area contributed by atoms with E-state index in [1.165, 1.54) is 18.2 Å². The highest BCUT2D eigenvalue weighted by atomic mass is 19.4. The van der Waals surface area contributed by atoms with Crippen molar-refractivity contribution < 1.29 is 18.3 Å². The number of piperidine rings is 1. The third kappa shape index (κ3) is 3.41. The Hall–Kier alpha value is -2.35. The summed E-state index contributed by atoms with van der Waals surface area (Å²) in [6, 6.07) is 7.29. The Morgan fingerprint density at radius 1 is 1.21 bits per heavy atom. The monoisotopic (exact) mass is 392 g/mol. The van der Waals surface area contributed by atoms with Gasteiger partial charge in [0.1, 0.15) is 5.75 Å². The van der Waals surface area contributed by atoms with Crippen molar-refractivity contribution in [3.05, 3.63) is 35.9 Å². The van der Waals surface area contributed by atoms with E-state index < -0.39 is 17.5 Å². The first kappa shape index (κ1) is 19.0. The van der Waals surface area contributed by atoms with Gasteiger partial charge in [0.15, 0.2) is 5.82 Å². The number of hydrogen-bond acceptors (Lipinski definition) is 5. The molecule has 2 aliphatic heterocycles. The van der Waals surface area contributed by atoms with Crippen molar-refractivity contribution in [3.63, 3.8) is 0 Å². The smallest absolute Gasteiger partial charge is 0.417 e. The Morgan fingerprint density at radius 2 is 2.04 bits per heavy atom. The summed E-state index contributed by atoms with van der Waals surface area (Å²) >= 11 is 0. The quantitative estimate of drug-likeness (QED) is 0.831. The van der Waals surface area contributed by atoms with Crippen LogP contribution in [0.5, 0.6) is 5.75 Å². The zero-order valence-electron chi connectivity index (χ0n) is 15.6. The standard InChI is InChI=1S/C20H23F3N4O/c1-2-12-10-16-14(24-11-12)8-9-27(16)18-7-6-15(25-26-18)19-13(20(21,22)23)4-3-5-17(19)28/h3-7,12,14,16,24,28H,2,8-11H2,1H3/t12?,14-,16+/m0/s1. The molecule has 2 fully saturated rings. The Bertz CT molecular complexity index is 840. The molecular formula is C20H23F3N4O. The normalized spacial score (nSPS) is 25.0. The predicted molar refractivity (Wildman–Crippen MR) is 100 cm³/mol. The fraction of sp³-hybridized carbons (Fsp3) is 0.500. The highest BCUT2D eigenvalue weighted by Crippen LogP contribution is 2.41. The largest absolute Gasteiger partial charge is 0.507 e. The number of halogens is 3. The molecule has 3 atom stereocenters. The average Bonchev–Trinajstić information content (AvgIpc) is 3.10. The molecule has 8 heteroatoms. The minimum absolute atomic E-state index is 0.0122. The number of aromatic hydroxyl groups is 1. The molecule has 2 aliphatic rings. The average molecular weight is 392 g/mol. The number of nitrogens with one attached hydrogen (secondary N) is 1. The molecule has 0 amide bonds. The third-order valence-corrected chi connectivity index (χ3v) is 5.92. The molecule has 0 radical (unpaired) electrons. The van der Waals surface area contributed by atoms with Crippen LogP contribution in [0.15, 0.2) is 30.3 Å². The lowest BCUT2D eigenvalue weighted by Crippen LogP contribution is -2.50. The molecular weight excluding hydrogens is 369 g/mol. The number of benzene rings is 1. The van der Waals surface area contributed by atoms with Crippen LogP contribution >= 0.6 is 0 Å². The molecule has 1 aromatic carbocycles. The van der Waals surface area contributed by atoms with E-state index in [0.29, 0.717) is 23.8 Å². The van der Waals surface area contributed by atoms with Crippen LogP contribution in [-0.4, -0.2) is 40.5 Å². The van der Waals surface area contributed by atoms with E-state index >= 15 is 0 Å². The minimum atomic E-state index is -4.58. The van der Waals surface area contributed by atoms with Gasteiger partial charge in [-0.25, -0.2) is 0 Å². The van der Waals surface area contributed by atoms with Crippen molar-refractivity contribution in [3.8, 4) is 17.0 Å². The van der Waals surface area contributed by atoms with Crippen LogP contribution in [0.2, 0.25) is 0 Å². The van der Waals surface area contributed by atoms with Gasteiger partial charge in [-0.3, -0.25) is 0 Å². The van der Waals surface area contributed by atoms with Crippen molar-refractivity contribution in [1.82, 2.24) is 15.5 Å². The molecule has 1 unspecified atom stereocenters. The fourth-order valence-electron chi connectivity index (χ4n) is 4.38. The number of rotatable bonds is 3. The number of aromatic nitrogens is 2. The Labute approximate surface area is 161 Å². The summed E-state index contributed by atoms with van der Waals surface area (Å²) in [6.07, 6.45) is -1.38. The van der Waals surface area contributed by atoms with Crippen molar-refractivity contribution >= 4 is 5.82 Å².